The third-order valence-electron chi connectivity index (χ3n) is 5.57. The lowest BCUT2D eigenvalue weighted by Crippen LogP contribution is -2.52. The molecule has 30 heavy (non-hydrogen) atoms. The van der Waals surface area contributed by atoms with E-state index < -0.39 is 11.7 Å². The quantitative estimate of drug-likeness (QED) is 0.754. The number of amides is 2. The molecule has 0 spiro atoms. The molecule has 2 amide bonds. The first kappa shape index (κ1) is 21.1. The zero-order valence-electron chi connectivity index (χ0n) is 16.1. The molecule has 0 saturated carbocycles. The van der Waals surface area contributed by atoms with E-state index in [1.807, 2.05) is 12.1 Å². The SMILES string of the molecule is O=C(c1cc(Cl)ccc1F)N1CCN(C(=O)C2CNNC2c2ccc(Cl)cc2)CC1. The standard InChI is InChI=1S/C21H21Cl2FN4O2/c22-14-3-1-13(2-4-14)19-17(12-25-26-19)21(30)28-9-7-27(8-10-28)20(29)16-11-15(23)5-6-18(16)24/h1-6,11,17,19,25-26H,7-10,12H2. The number of hydrogen-bond donors (Lipinski definition) is 2. The van der Waals surface area contributed by atoms with Gasteiger partial charge >= 0.3 is 0 Å². The van der Waals surface area contributed by atoms with Gasteiger partial charge in [-0.1, -0.05) is 35.3 Å². The van der Waals surface area contributed by atoms with Gasteiger partial charge in [0.1, 0.15) is 5.82 Å². The van der Waals surface area contributed by atoms with Gasteiger partial charge in [-0.15, -0.1) is 0 Å². The molecule has 0 aromatic heterocycles. The summed E-state index contributed by atoms with van der Waals surface area (Å²) in [5.41, 5.74) is 7.16. The summed E-state index contributed by atoms with van der Waals surface area (Å²) in [6.45, 7) is 2.00. The summed E-state index contributed by atoms with van der Waals surface area (Å²) in [4.78, 5) is 29.1. The van der Waals surface area contributed by atoms with Crippen LogP contribution in [0.5, 0.6) is 0 Å². The number of rotatable bonds is 3. The van der Waals surface area contributed by atoms with Crippen molar-refractivity contribution in [1.82, 2.24) is 20.7 Å². The molecule has 4 rings (SSSR count). The van der Waals surface area contributed by atoms with Gasteiger partial charge in [-0.25, -0.2) is 9.82 Å². The molecule has 2 heterocycles. The molecule has 6 nitrogen and oxygen atoms in total. The van der Waals surface area contributed by atoms with E-state index in [-0.39, 0.29) is 23.4 Å². The molecule has 158 valence electrons. The molecule has 2 aliphatic heterocycles. The van der Waals surface area contributed by atoms with Gasteiger partial charge in [0.05, 0.1) is 17.5 Å². The number of halogens is 3. The molecule has 2 unspecified atom stereocenters. The fourth-order valence-electron chi connectivity index (χ4n) is 3.91. The van der Waals surface area contributed by atoms with Crippen LogP contribution in [0.25, 0.3) is 0 Å². The van der Waals surface area contributed by atoms with Crippen LogP contribution in [0.4, 0.5) is 4.39 Å². The van der Waals surface area contributed by atoms with Crippen LogP contribution in [-0.4, -0.2) is 54.3 Å². The first-order valence-electron chi connectivity index (χ1n) is 9.71. The zero-order chi connectivity index (χ0) is 21.3. The normalized spacial score (nSPS) is 21.7. The van der Waals surface area contributed by atoms with Crippen LogP contribution < -0.4 is 10.9 Å². The van der Waals surface area contributed by atoms with Crippen molar-refractivity contribution >= 4 is 35.0 Å². The molecular weight excluding hydrogens is 430 g/mol. The number of hydrogen-bond acceptors (Lipinski definition) is 4. The predicted molar refractivity (Wildman–Crippen MR) is 113 cm³/mol. The number of piperazine rings is 1. The van der Waals surface area contributed by atoms with Gasteiger partial charge < -0.3 is 9.80 Å². The number of nitrogens with one attached hydrogen (secondary N) is 2. The van der Waals surface area contributed by atoms with Crippen molar-refractivity contribution in [3.05, 3.63) is 69.5 Å². The highest BCUT2D eigenvalue weighted by molar-refractivity contribution is 6.31. The number of carbonyl (C=O) groups is 2. The second-order valence-corrected chi connectivity index (χ2v) is 8.28. The monoisotopic (exact) mass is 450 g/mol. The van der Waals surface area contributed by atoms with E-state index in [1.54, 1.807) is 21.9 Å². The van der Waals surface area contributed by atoms with Crippen LogP contribution in [-0.2, 0) is 4.79 Å². The second-order valence-electron chi connectivity index (χ2n) is 7.40. The Morgan fingerprint density at radius 1 is 0.933 bits per heavy atom. The average Bonchev–Trinajstić information content (AvgIpc) is 3.25. The highest BCUT2D eigenvalue weighted by Gasteiger charge is 2.37. The molecule has 0 aliphatic carbocycles. The maximum absolute atomic E-state index is 14.0. The van der Waals surface area contributed by atoms with E-state index in [2.05, 4.69) is 10.9 Å². The molecule has 2 aromatic rings. The zero-order valence-corrected chi connectivity index (χ0v) is 17.6. The Morgan fingerprint density at radius 3 is 2.27 bits per heavy atom. The summed E-state index contributed by atoms with van der Waals surface area (Å²) in [5, 5.41) is 0.951. The Bertz CT molecular complexity index is 949. The summed E-state index contributed by atoms with van der Waals surface area (Å²) in [6.07, 6.45) is 0. The van der Waals surface area contributed by atoms with E-state index in [9.17, 15) is 14.0 Å². The molecule has 2 atom stereocenters. The minimum absolute atomic E-state index is 0.0217. The Morgan fingerprint density at radius 2 is 1.57 bits per heavy atom. The molecular formula is C21H21Cl2FN4O2. The van der Waals surface area contributed by atoms with Gasteiger partial charge in [-0.2, -0.15) is 0 Å². The molecule has 2 aromatic carbocycles. The van der Waals surface area contributed by atoms with Crippen molar-refractivity contribution in [2.45, 2.75) is 6.04 Å². The van der Waals surface area contributed by atoms with Gasteiger partial charge in [0.15, 0.2) is 0 Å². The second kappa shape index (κ2) is 8.89. The van der Waals surface area contributed by atoms with Gasteiger partial charge in [0, 0.05) is 42.8 Å². The highest BCUT2D eigenvalue weighted by atomic mass is 35.5. The van der Waals surface area contributed by atoms with E-state index in [1.165, 1.54) is 18.2 Å². The van der Waals surface area contributed by atoms with Gasteiger partial charge in [-0.3, -0.25) is 15.0 Å². The maximum atomic E-state index is 14.0. The summed E-state index contributed by atoms with van der Waals surface area (Å²) in [5.74, 6) is -1.26. The van der Waals surface area contributed by atoms with Crippen LogP contribution in [0.3, 0.4) is 0 Å². The summed E-state index contributed by atoms with van der Waals surface area (Å²) >= 11 is 11.9. The summed E-state index contributed by atoms with van der Waals surface area (Å²) in [7, 11) is 0. The first-order valence-corrected chi connectivity index (χ1v) is 10.5. The molecule has 2 N–H and O–H groups in total. The van der Waals surface area contributed by atoms with Crippen molar-refractivity contribution in [3.8, 4) is 0 Å². The number of benzene rings is 2. The number of carbonyl (C=O) groups excluding carboxylic acids is 2. The fraction of sp³-hybridized carbons (Fsp3) is 0.333. The highest BCUT2D eigenvalue weighted by Crippen LogP contribution is 2.28. The molecule has 2 fully saturated rings. The molecule has 9 heteroatoms. The molecule has 0 bridgehead atoms. The Labute approximate surface area is 183 Å². The van der Waals surface area contributed by atoms with Crippen LogP contribution in [0.15, 0.2) is 42.5 Å². The lowest BCUT2D eigenvalue weighted by atomic mass is 9.93. The van der Waals surface area contributed by atoms with Crippen molar-refractivity contribution in [2.75, 3.05) is 32.7 Å². The Hall–Kier alpha value is -2.19. The third-order valence-corrected chi connectivity index (χ3v) is 6.05. The summed E-state index contributed by atoms with van der Waals surface area (Å²) in [6, 6.07) is 11.2. The predicted octanol–water partition coefficient (Wildman–Crippen LogP) is 2.88. The van der Waals surface area contributed by atoms with Crippen molar-refractivity contribution in [2.24, 2.45) is 5.92 Å². The lowest BCUT2D eigenvalue weighted by molar-refractivity contribution is -0.137. The molecule has 2 aliphatic rings. The van der Waals surface area contributed by atoms with Crippen LogP contribution >= 0.6 is 23.2 Å². The van der Waals surface area contributed by atoms with Gasteiger partial charge in [0.25, 0.3) is 5.91 Å². The van der Waals surface area contributed by atoms with E-state index in [0.717, 1.165) is 5.56 Å². The largest absolute Gasteiger partial charge is 0.339 e. The van der Waals surface area contributed by atoms with Crippen molar-refractivity contribution in [3.63, 3.8) is 0 Å². The maximum Gasteiger partial charge on any atom is 0.257 e. The van der Waals surface area contributed by atoms with Crippen molar-refractivity contribution in [1.29, 1.82) is 0 Å². The summed E-state index contributed by atoms with van der Waals surface area (Å²) < 4.78 is 14.0. The van der Waals surface area contributed by atoms with E-state index in [0.29, 0.717) is 42.8 Å². The Kier molecular flexibility index (Phi) is 6.24. The molecule has 0 radical (unpaired) electrons. The topological polar surface area (TPSA) is 64.7 Å². The van der Waals surface area contributed by atoms with E-state index >= 15 is 0 Å². The van der Waals surface area contributed by atoms with E-state index in [4.69, 9.17) is 23.2 Å². The number of nitrogens with zero attached hydrogens (tertiary/aromatic N) is 2. The fourth-order valence-corrected chi connectivity index (χ4v) is 4.21. The van der Waals surface area contributed by atoms with Crippen molar-refractivity contribution < 1.29 is 14.0 Å². The van der Waals surface area contributed by atoms with Crippen LogP contribution in [0.2, 0.25) is 10.0 Å². The van der Waals surface area contributed by atoms with Gasteiger partial charge in [-0.05, 0) is 35.9 Å². The van der Waals surface area contributed by atoms with Crippen LogP contribution in [0, 0.1) is 11.7 Å². The van der Waals surface area contributed by atoms with Gasteiger partial charge in [0.2, 0.25) is 5.91 Å². The third kappa shape index (κ3) is 4.30. The minimum Gasteiger partial charge on any atom is -0.339 e. The van der Waals surface area contributed by atoms with Crippen LogP contribution in [0.1, 0.15) is 22.0 Å². The Balaban J connectivity index is 1.40. The average molecular weight is 451 g/mol. The molecule has 2 saturated heterocycles. The minimum atomic E-state index is -0.600. The first-order chi connectivity index (χ1) is 14.4. The number of hydrazine groups is 1. The smallest absolute Gasteiger partial charge is 0.257 e. The lowest BCUT2D eigenvalue weighted by Gasteiger charge is -2.36.